The summed E-state index contributed by atoms with van der Waals surface area (Å²) in [6.07, 6.45) is 3.72. The molecule has 0 saturated heterocycles. The molecule has 0 bridgehead atoms. The molecule has 2 rings (SSSR count). The third kappa shape index (κ3) is 14.3. The summed E-state index contributed by atoms with van der Waals surface area (Å²) in [7, 11) is 0.280. The van der Waals surface area contributed by atoms with Crippen molar-refractivity contribution in [3.05, 3.63) is 48.9 Å². The fourth-order valence-corrected chi connectivity index (χ4v) is 2.44. The molecule has 0 spiro atoms. The van der Waals surface area contributed by atoms with Crippen LogP contribution in [0.25, 0.3) is 10.8 Å². The minimum absolute atomic E-state index is 0. The predicted molar refractivity (Wildman–Crippen MR) is 86.9 cm³/mol. The smallest absolute Gasteiger partial charge is 0 e. The maximum absolute atomic E-state index is 2.42. The van der Waals surface area contributed by atoms with Gasteiger partial charge in [-0.25, -0.2) is 0 Å². The number of fused-ring (bicyclic) bond motifs is 1. The largest absolute Gasteiger partial charge is 1.00 e. The van der Waals surface area contributed by atoms with Crippen LogP contribution in [0.5, 0.6) is 0 Å². The van der Waals surface area contributed by atoms with Crippen LogP contribution in [-0.4, -0.2) is 19.5 Å². The molecule has 0 aromatic heterocycles. The van der Waals surface area contributed by atoms with Crippen molar-refractivity contribution in [3.63, 3.8) is 0 Å². The summed E-state index contributed by atoms with van der Waals surface area (Å²) in [5.41, 5.74) is 0.423. The van der Waals surface area contributed by atoms with E-state index in [0.29, 0.717) is 5.41 Å². The van der Waals surface area contributed by atoms with E-state index in [1.54, 1.807) is 0 Å². The standard InChI is InChI=1S/C9H7.C8H18P.3ClH.V/c1-2-5-9-7-3-6-8(9)4-1;1-8(2,3)6-7-9(4)5;;;;/h1-7H;6H,7H2,1-5H3;3*1H;/q2*-1;;;;/p-3. The van der Waals surface area contributed by atoms with Gasteiger partial charge < -0.3 is 43.6 Å². The van der Waals surface area contributed by atoms with Crippen LogP contribution in [0.2, 0.25) is 0 Å². The second-order valence-corrected chi connectivity index (χ2v) is 8.51. The van der Waals surface area contributed by atoms with Crippen molar-refractivity contribution in [2.24, 2.45) is 5.41 Å². The molecule has 0 fully saturated rings. The number of halogens is 3. The third-order valence-corrected chi connectivity index (χ3v) is 3.53. The van der Waals surface area contributed by atoms with E-state index in [9.17, 15) is 0 Å². The molecule has 0 aliphatic carbocycles. The van der Waals surface area contributed by atoms with Gasteiger partial charge in [-0.05, 0) is 13.3 Å². The van der Waals surface area contributed by atoms with Gasteiger partial charge in [0.05, 0.1) is 0 Å². The predicted octanol–water partition coefficient (Wildman–Crippen LogP) is -3.45. The van der Waals surface area contributed by atoms with Gasteiger partial charge in [0.1, 0.15) is 0 Å². The minimum Gasteiger partial charge on any atom is -1.00 e. The van der Waals surface area contributed by atoms with Gasteiger partial charge in [0.2, 0.25) is 0 Å². The molecule has 2 aromatic rings. The quantitative estimate of drug-likeness (QED) is 0.352. The fourth-order valence-electron chi connectivity index (χ4n) is 1.53. The van der Waals surface area contributed by atoms with E-state index in [1.807, 2.05) is 0 Å². The summed E-state index contributed by atoms with van der Waals surface area (Å²) in [6, 6.07) is 14.7. The number of hydrogen-bond acceptors (Lipinski definition) is 0. The molecule has 22 heavy (non-hydrogen) atoms. The van der Waals surface area contributed by atoms with Gasteiger partial charge in [-0.15, -0.1) is 37.6 Å². The zero-order chi connectivity index (χ0) is 13.6. The van der Waals surface area contributed by atoms with Gasteiger partial charge in [0.15, 0.2) is 0 Å². The van der Waals surface area contributed by atoms with E-state index in [0.717, 1.165) is 0 Å². The molecular formula is C17H25Cl3PV-5. The second-order valence-electron chi connectivity index (χ2n) is 5.99. The number of benzene rings is 1. The molecule has 129 valence electrons. The average molecular weight is 418 g/mol. The Morgan fingerprint density at radius 2 is 1.55 bits per heavy atom. The molecule has 0 nitrogen and oxygen atoms in total. The number of hydrogen-bond donors (Lipinski definition) is 0. The van der Waals surface area contributed by atoms with Gasteiger partial charge in [-0.1, -0.05) is 26.8 Å². The molecule has 2 aromatic carbocycles. The van der Waals surface area contributed by atoms with E-state index >= 15 is 0 Å². The van der Waals surface area contributed by atoms with Crippen molar-refractivity contribution in [1.82, 2.24) is 0 Å². The van der Waals surface area contributed by atoms with Crippen LogP contribution < -0.4 is 37.2 Å². The Morgan fingerprint density at radius 3 is 1.95 bits per heavy atom. The molecule has 0 amide bonds. The van der Waals surface area contributed by atoms with Crippen molar-refractivity contribution in [2.75, 3.05) is 19.5 Å². The zero-order valence-corrected chi connectivity index (χ0v) is 18.4. The summed E-state index contributed by atoms with van der Waals surface area (Å²) >= 11 is 0. The molecular weight excluding hydrogens is 392 g/mol. The third-order valence-electron chi connectivity index (χ3n) is 2.62. The first-order valence-electron chi connectivity index (χ1n) is 6.48. The van der Waals surface area contributed by atoms with Crippen molar-refractivity contribution in [2.45, 2.75) is 20.8 Å². The van der Waals surface area contributed by atoms with E-state index in [-0.39, 0.29) is 63.7 Å². The van der Waals surface area contributed by atoms with Crippen LogP contribution in [0.15, 0.2) is 42.5 Å². The molecule has 5 heteroatoms. The van der Waals surface area contributed by atoms with Crippen LogP contribution >= 0.6 is 7.92 Å². The molecule has 0 N–H and O–H groups in total. The first kappa shape index (κ1) is 30.6. The molecule has 0 atom stereocenters. The maximum Gasteiger partial charge on any atom is 0 e. The topological polar surface area (TPSA) is 0 Å². The molecule has 0 aliphatic rings. The summed E-state index contributed by atoms with van der Waals surface area (Å²) in [4.78, 5) is 0. The fraction of sp³-hybridized carbons (Fsp3) is 0.412. The minimum atomic E-state index is 0. The van der Waals surface area contributed by atoms with E-state index in [1.165, 1.54) is 16.9 Å². The molecule has 0 heterocycles. The van der Waals surface area contributed by atoms with E-state index in [4.69, 9.17) is 0 Å². The Labute approximate surface area is 168 Å². The Bertz CT molecular complexity index is 434. The van der Waals surface area contributed by atoms with Gasteiger partial charge in [-0.2, -0.15) is 29.1 Å². The molecule has 0 unspecified atom stereocenters. The van der Waals surface area contributed by atoms with E-state index < -0.39 is 0 Å². The van der Waals surface area contributed by atoms with E-state index in [2.05, 4.69) is 83.0 Å². The van der Waals surface area contributed by atoms with Crippen molar-refractivity contribution >= 4 is 18.7 Å². The van der Waals surface area contributed by atoms with Crippen LogP contribution in [0.1, 0.15) is 20.8 Å². The molecule has 1 radical (unpaired) electrons. The van der Waals surface area contributed by atoms with Crippen molar-refractivity contribution < 1.29 is 55.8 Å². The van der Waals surface area contributed by atoms with Gasteiger partial charge >= 0.3 is 0 Å². The normalized spacial score (nSPS) is 9.36. The zero-order valence-electron chi connectivity index (χ0n) is 13.9. The molecule has 0 saturated carbocycles. The summed E-state index contributed by atoms with van der Waals surface area (Å²) in [5.74, 6) is 0. The first-order valence-corrected chi connectivity index (χ1v) is 8.90. The van der Waals surface area contributed by atoms with Crippen LogP contribution in [-0.2, 0) is 18.6 Å². The Morgan fingerprint density at radius 1 is 1.00 bits per heavy atom. The van der Waals surface area contributed by atoms with Crippen LogP contribution in [0, 0.1) is 11.8 Å². The summed E-state index contributed by atoms with van der Waals surface area (Å²) in [6.45, 7) is 11.4. The van der Waals surface area contributed by atoms with Crippen molar-refractivity contribution in [1.29, 1.82) is 0 Å². The van der Waals surface area contributed by atoms with Gasteiger partial charge in [0, 0.05) is 18.6 Å². The van der Waals surface area contributed by atoms with Gasteiger partial charge in [-0.3, -0.25) is 0 Å². The SMILES string of the molecule is CP(C)C[CH-]C(C)(C)C.[Cl-].[Cl-].[Cl-].[V].c1ccc2[cH-]ccc2c1. The Balaban J connectivity index is -0.000000125. The Kier molecular flexibility index (Phi) is 21.2. The Hall–Kier alpha value is 0.714. The summed E-state index contributed by atoms with van der Waals surface area (Å²) < 4.78 is 0. The molecule has 0 aliphatic heterocycles. The second kappa shape index (κ2) is 15.3. The average Bonchev–Trinajstić information content (AvgIpc) is 2.74. The number of rotatable bonds is 2. The monoisotopic (exact) mass is 416 g/mol. The summed E-state index contributed by atoms with van der Waals surface area (Å²) in [5, 5.41) is 2.66. The van der Waals surface area contributed by atoms with Crippen molar-refractivity contribution in [3.8, 4) is 0 Å². The van der Waals surface area contributed by atoms with Gasteiger partial charge in [0.25, 0.3) is 0 Å². The maximum atomic E-state index is 2.42. The van der Waals surface area contributed by atoms with Crippen LogP contribution in [0.4, 0.5) is 0 Å². The first-order chi connectivity index (χ1) is 8.38. The van der Waals surface area contributed by atoms with Crippen LogP contribution in [0.3, 0.4) is 0 Å².